The Kier molecular flexibility index (Phi) is 5.49. The zero-order valence-electron chi connectivity index (χ0n) is 16.7. The Balaban J connectivity index is 1.40. The molecule has 4 heterocycles. The minimum absolute atomic E-state index is 0.396. The van der Waals surface area contributed by atoms with Crippen molar-refractivity contribution in [3.8, 4) is 6.07 Å². The van der Waals surface area contributed by atoms with E-state index in [1.165, 1.54) is 0 Å². The first-order valence-corrected chi connectivity index (χ1v) is 9.77. The van der Waals surface area contributed by atoms with E-state index in [-0.39, 0.29) is 0 Å². The number of likely N-dealkylation sites (tertiary alicyclic amines) is 1. The van der Waals surface area contributed by atoms with E-state index in [0.29, 0.717) is 11.6 Å². The van der Waals surface area contributed by atoms with Gasteiger partial charge in [0.05, 0.1) is 23.9 Å². The fraction of sp³-hybridized carbons (Fsp3) is 0.381. The van der Waals surface area contributed by atoms with E-state index in [2.05, 4.69) is 31.4 Å². The Morgan fingerprint density at radius 2 is 2.03 bits per heavy atom. The van der Waals surface area contributed by atoms with Crippen molar-refractivity contribution in [2.45, 2.75) is 32.2 Å². The highest BCUT2D eigenvalue weighted by Crippen LogP contribution is 2.29. The first-order valence-electron chi connectivity index (χ1n) is 9.77. The van der Waals surface area contributed by atoms with Gasteiger partial charge in [-0.25, -0.2) is 19.9 Å². The van der Waals surface area contributed by atoms with Gasteiger partial charge in [0, 0.05) is 37.5 Å². The lowest BCUT2D eigenvalue weighted by atomic mass is 9.93. The first-order chi connectivity index (χ1) is 14.1. The largest absolute Gasteiger partial charge is 0.340 e. The van der Waals surface area contributed by atoms with Gasteiger partial charge in [-0.2, -0.15) is 5.26 Å². The van der Waals surface area contributed by atoms with Crippen LogP contribution in [0.2, 0.25) is 0 Å². The molecule has 0 amide bonds. The summed E-state index contributed by atoms with van der Waals surface area (Å²) in [6, 6.07) is 7.58. The Morgan fingerprint density at radius 3 is 2.69 bits per heavy atom. The molecular formula is C21H24N8. The first kappa shape index (κ1) is 19.0. The van der Waals surface area contributed by atoms with Crippen molar-refractivity contribution in [3.63, 3.8) is 0 Å². The summed E-state index contributed by atoms with van der Waals surface area (Å²) in [4.78, 5) is 20.2. The molecule has 0 atom stereocenters. The van der Waals surface area contributed by atoms with E-state index in [4.69, 9.17) is 10.2 Å². The van der Waals surface area contributed by atoms with Gasteiger partial charge >= 0.3 is 0 Å². The molecule has 1 saturated heterocycles. The molecule has 0 aromatic carbocycles. The fourth-order valence-electron chi connectivity index (χ4n) is 3.71. The Bertz CT molecular complexity index is 1010. The Morgan fingerprint density at radius 1 is 1.21 bits per heavy atom. The van der Waals surface area contributed by atoms with Crippen molar-refractivity contribution < 1.29 is 0 Å². The van der Waals surface area contributed by atoms with Crippen LogP contribution >= 0.6 is 0 Å². The molecule has 3 aromatic heterocycles. The standard InChI is InChI=1S/C21H24N8/c1-15-25-20(9-21(26-15)27-18-4-3-17(10-22)23-11-18)16-5-7-29(8-6-16)13-19-12-28(2)14-24-19/h3-4,9,11-12,14,16H,5-8,13H2,1-2H3,(H,25,26,27). The van der Waals surface area contributed by atoms with Crippen molar-refractivity contribution in [2.24, 2.45) is 7.05 Å². The molecule has 0 aliphatic carbocycles. The number of rotatable bonds is 5. The second-order valence-electron chi connectivity index (χ2n) is 7.48. The number of imidazole rings is 1. The molecule has 0 radical (unpaired) electrons. The highest BCUT2D eigenvalue weighted by atomic mass is 15.1. The lowest BCUT2D eigenvalue weighted by Crippen LogP contribution is -2.32. The molecular weight excluding hydrogens is 364 g/mol. The van der Waals surface area contributed by atoms with Crippen LogP contribution in [0, 0.1) is 18.3 Å². The number of aryl methyl sites for hydroxylation is 2. The van der Waals surface area contributed by atoms with Crippen LogP contribution in [-0.4, -0.2) is 42.5 Å². The van der Waals surface area contributed by atoms with Crippen LogP contribution < -0.4 is 5.32 Å². The number of hydrogen-bond donors (Lipinski definition) is 1. The number of anilines is 2. The summed E-state index contributed by atoms with van der Waals surface area (Å²) in [5.74, 6) is 1.94. The van der Waals surface area contributed by atoms with Crippen molar-refractivity contribution in [3.05, 3.63) is 59.8 Å². The number of piperidine rings is 1. The zero-order valence-corrected chi connectivity index (χ0v) is 16.7. The molecule has 1 aliphatic heterocycles. The second-order valence-corrected chi connectivity index (χ2v) is 7.48. The van der Waals surface area contributed by atoms with E-state index in [0.717, 1.165) is 61.2 Å². The van der Waals surface area contributed by atoms with E-state index in [9.17, 15) is 0 Å². The molecule has 0 unspecified atom stereocenters. The summed E-state index contributed by atoms with van der Waals surface area (Å²) in [6.45, 7) is 4.88. The van der Waals surface area contributed by atoms with E-state index >= 15 is 0 Å². The minimum atomic E-state index is 0.396. The number of nitrogens with zero attached hydrogens (tertiary/aromatic N) is 7. The average molecular weight is 388 g/mol. The molecule has 1 fully saturated rings. The maximum atomic E-state index is 8.88. The van der Waals surface area contributed by atoms with E-state index < -0.39 is 0 Å². The summed E-state index contributed by atoms with van der Waals surface area (Å²) >= 11 is 0. The Labute approximate surface area is 170 Å². The summed E-state index contributed by atoms with van der Waals surface area (Å²) in [5.41, 5.74) is 3.40. The van der Waals surface area contributed by atoms with Gasteiger partial charge in [0.2, 0.25) is 0 Å². The summed E-state index contributed by atoms with van der Waals surface area (Å²) in [6.07, 6.45) is 7.72. The molecule has 0 saturated carbocycles. The number of aromatic nitrogens is 5. The van der Waals surface area contributed by atoms with Crippen molar-refractivity contribution in [1.29, 1.82) is 5.26 Å². The number of nitrogens with one attached hydrogen (secondary N) is 1. The molecule has 0 spiro atoms. The van der Waals surface area contributed by atoms with Crippen LogP contribution in [0.25, 0.3) is 0 Å². The normalized spacial score (nSPS) is 15.2. The highest BCUT2D eigenvalue weighted by Gasteiger charge is 2.23. The lowest BCUT2D eigenvalue weighted by molar-refractivity contribution is 0.201. The summed E-state index contributed by atoms with van der Waals surface area (Å²) < 4.78 is 1.99. The van der Waals surface area contributed by atoms with Gasteiger partial charge in [0.1, 0.15) is 23.4 Å². The molecule has 3 aromatic rings. The molecule has 4 rings (SSSR count). The van der Waals surface area contributed by atoms with Crippen LogP contribution in [0.5, 0.6) is 0 Å². The molecule has 1 aliphatic rings. The van der Waals surface area contributed by atoms with Gasteiger partial charge in [-0.3, -0.25) is 4.90 Å². The van der Waals surface area contributed by atoms with Gasteiger partial charge in [-0.1, -0.05) is 0 Å². The average Bonchev–Trinajstić information content (AvgIpc) is 3.13. The quantitative estimate of drug-likeness (QED) is 0.718. The van der Waals surface area contributed by atoms with E-state index in [1.807, 2.05) is 43.1 Å². The lowest BCUT2D eigenvalue weighted by Gasteiger charge is -2.31. The van der Waals surface area contributed by atoms with Crippen LogP contribution in [0.15, 0.2) is 36.9 Å². The van der Waals surface area contributed by atoms with Gasteiger partial charge in [-0.05, 0) is 45.0 Å². The highest BCUT2D eigenvalue weighted by molar-refractivity contribution is 5.55. The van der Waals surface area contributed by atoms with E-state index in [1.54, 1.807) is 12.3 Å². The molecule has 0 bridgehead atoms. The predicted octanol–water partition coefficient (Wildman–Crippen LogP) is 2.91. The smallest absolute Gasteiger partial charge is 0.140 e. The fourth-order valence-corrected chi connectivity index (χ4v) is 3.71. The van der Waals surface area contributed by atoms with Crippen LogP contribution in [-0.2, 0) is 13.6 Å². The second kappa shape index (κ2) is 8.37. The number of nitriles is 1. The van der Waals surface area contributed by atoms with Crippen molar-refractivity contribution >= 4 is 11.5 Å². The Hall–Kier alpha value is -3.31. The zero-order chi connectivity index (χ0) is 20.2. The molecule has 148 valence electrons. The predicted molar refractivity (Wildman–Crippen MR) is 109 cm³/mol. The topological polar surface area (TPSA) is 95.6 Å². The van der Waals surface area contributed by atoms with Crippen LogP contribution in [0.4, 0.5) is 11.5 Å². The third kappa shape index (κ3) is 4.76. The van der Waals surface area contributed by atoms with Crippen LogP contribution in [0.1, 0.15) is 41.7 Å². The maximum absolute atomic E-state index is 8.88. The van der Waals surface area contributed by atoms with Crippen LogP contribution in [0.3, 0.4) is 0 Å². The SMILES string of the molecule is Cc1nc(Nc2ccc(C#N)nc2)cc(C2CCN(Cc3cn(C)cn3)CC2)n1. The third-order valence-corrected chi connectivity index (χ3v) is 5.16. The summed E-state index contributed by atoms with van der Waals surface area (Å²) in [5, 5.41) is 12.2. The third-order valence-electron chi connectivity index (χ3n) is 5.16. The summed E-state index contributed by atoms with van der Waals surface area (Å²) in [7, 11) is 2.00. The molecule has 8 nitrogen and oxygen atoms in total. The molecule has 8 heteroatoms. The molecule has 1 N–H and O–H groups in total. The monoisotopic (exact) mass is 388 g/mol. The maximum Gasteiger partial charge on any atom is 0.140 e. The molecule has 29 heavy (non-hydrogen) atoms. The van der Waals surface area contributed by atoms with Gasteiger partial charge < -0.3 is 9.88 Å². The number of pyridine rings is 1. The number of hydrogen-bond acceptors (Lipinski definition) is 7. The van der Waals surface area contributed by atoms with Gasteiger partial charge in [0.25, 0.3) is 0 Å². The van der Waals surface area contributed by atoms with Gasteiger partial charge in [-0.15, -0.1) is 0 Å². The minimum Gasteiger partial charge on any atom is -0.340 e. The van der Waals surface area contributed by atoms with Crippen molar-refractivity contribution in [2.75, 3.05) is 18.4 Å². The van der Waals surface area contributed by atoms with Crippen molar-refractivity contribution in [1.82, 2.24) is 29.4 Å². The van der Waals surface area contributed by atoms with Gasteiger partial charge in [0.15, 0.2) is 0 Å².